The van der Waals surface area contributed by atoms with Gasteiger partial charge in [0.1, 0.15) is 19.6 Å². The predicted octanol–water partition coefficient (Wildman–Crippen LogP) is 12.9. The molecule has 0 amide bonds. The summed E-state index contributed by atoms with van der Waals surface area (Å²) in [5, 5.41) is 3.36. The number of fused-ring (bicyclic) bond motifs is 3. The molecule has 3 aromatic rings. The molecule has 51 heavy (non-hydrogen) atoms. The molecular formula is C48H70O2Si. The van der Waals surface area contributed by atoms with Gasteiger partial charge in [0.05, 0.1) is 14.2 Å². The van der Waals surface area contributed by atoms with E-state index in [0.29, 0.717) is 0 Å². The third kappa shape index (κ3) is 8.50. The lowest BCUT2D eigenvalue weighted by Crippen LogP contribution is -2.55. The minimum absolute atomic E-state index is 0.798. The first-order valence-electron chi connectivity index (χ1n) is 21.5. The molecule has 0 radical (unpaired) electrons. The van der Waals surface area contributed by atoms with Crippen LogP contribution < -0.4 is 19.8 Å². The van der Waals surface area contributed by atoms with Crippen LogP contribution >= 0.6 is 0 Å². The Labute approximate surface area is 313 Å². The van der Waals surface area contributed by atoms with Crippen LogP contribution in [0.15, 0.2) is 36.4 Å². The molecule has 2 saturated carbocycles. The topological polar surface area (TPSA) is 18.5 Å². The average Bonchev–Trinajstić information content (AvgIpc) is 3.40. The van der Waals surface area contributed by atoms with E-state index in [9.17, 15) is 0 Å². The van der Waals surface area contributed by atoms with Gasteiger partial charge in [0.2, 0.25) is 0 Å². The number of unbranched alkanes of at least 4 members (excludes halogenated alkanes) is 6. The predicted molar refractivity (Wildman–Crippen MR) is 223 cm³/mol. The fraction of sp³-hybridized carbons (Fsp3) is 0.625. The normalized spacial score (nSPS) is 17.4. The Hall–Kier alpha value is -2.52. The Bertz CT molecular complexity index is 1580. The van der Waals surface area contributed by atoms with Crippen LogP contribution in [-0.4, -0.2) is 22.3 Å². The Balaban J connectivity index is 1.53. The van der Waals surface area contributed by atoms with Gasteiger partial charge in [-0.3, -0.25) is 0 Å². The largest absolute Gasteiger partial charge is 0.496 e. The van der Waals surface area contributed by atoms with Crippen LogP contribution in [0.3, 0.4) is 0 Å². The van der Waals surface area contributed by atoms with Gasteiger partial charge in [-0.2, -0.15) is 0 Å². The monoisotopic (exact) mass is 707 g/mol. The Morgan fingerprint density at radius 1 is 0.510 bits per heavy atom. The number of hydrogen-bond donors (Lipinski definition) is 0. The fourth-order valence-electron chi connectivity index (χ4n) is 10.5. The highest BCUT2D eigenvalue weighted by atomic mass is 28.3. The van der Waals surface area contributed by atoms with Crippen LogP contribution in [0.2, 0.25) is 12.1 Å². The Morgan fingerprint density at radius 3 is 1.59 bits per heavy atom. The summed E-state index contributed by atoms with van der Waals surface area (Å²) in [5.74, 6) is 3.70. The molecule has 3 aliphatic rings. The third-order valence-electron chi connectivity index (χ3n) is 13.4. The standard InChI is InChI=1S/C48H70O2Si/c1-7-9-11-19-25-51(26-20-12-10-8-2)47-28-36(4)45(49-5)32-43(47)44-33-46(50-6)42(34-48(44)51)41-31-39(29-37-21-15-13-16-22-37)35(3)27-40(41)30-38-23-17-14-18-24-38/h27-28,31-34,37-38H,7-26,29-30H2,1-6H3. The minimum Gasteiger partial charge on any atom is -0.496 e. The molecule has 2 fully saturated rings. The van der Waals surface area contributed by atoms with E-state index < -0.39 is 8.07 Å². The summed E-state index contributed by atoms with van der Waals surface area (Å²) in [4.78, 5) is 0. The number of benzene rings is 3. The minimum atomic E-state index is -2.07. The molecule has 1 heterocycles. The molecule has 2 nitrogen and oxygen atoms in total. The summed E-state index contributed by atoms with van der Waals surface area (Å²) in [6.07, 6.45) is 27.0. The fourth-order valence-corrected chi connectivity index (χ4v) is 16.2. The van der Waals surface area contributed by atoms with Crippen LogP contribution in [0, 0.1) is 25.7 Å². The van der Waals surface area contributed by atoms with E-state index in [1.165, 1.54) is 174 Å². The summed E-state index contributed by atoms with van der Waals surface area (Å²) in [6, 6.07) is 18.1. The molecule has 0 saturated heterocycles. The number of aryl methyl sites for hydroxylation is 2. The maximum Gasteiger partial charge on any atom is 0.127 e. The van der Waals surface area contributed by atoms with E-state index in [4.69, 9.17) is 9.47 Å². The van der Waals surface area contributed by atoms with Crippen molar-refractivity contribution in [2.45, 2.75) is 168 Å². The van der Waals surface area contributed by atoms with E-state index in [2.05, 4.69) is 64.1 Å². The SMILES string of the molecule is CCCCCC[Si]1(CCCCCC)c2cc(C)c(OC)cc2-c2cc(OC)c(-c3cc(CC4CCCCC4)c(C)cc3CC3CCCCC3)cc21. The molecule has 2 aliphatic carbocycles. The Kier molecular flexibility index (Phi) is 13.5. The molecule has 3 aromatic carbocycles. The number of ether oxygens (including phenoxy) is 2. The van der Waals surface area contributed by atoms with Crippen molar-refractivity contribution in [1.82, 2.24) is 0 Å². The summed E-state index contributed by atoms with van der Waals surface area (Å²) in [5.41, 5.74) is 11.7. The van der Waals surface area contributed by atoms with Gasteiger partial charge in [0, 0.05) is 5.56 Å². The first kappa shape index (κ1) is 38.2. The number of methoxy groups -OCH3 is 2. The van der Waals surface area contributed by atoms with Crippen LogP contribution in [-0.2, 0) is 12.8 Å². The lowest BCUT2D eigenvalue weighted by molar-refractivity contribution is 0.355. The highest BCUT2D eigenvalue weighted by Crippen LogP contribution is 2.45. The first-order chi connectivity index (χ1) is 24.9. The van der Waals surface area contributed by atoms with Gasteiger partial charge in [-0.1, -0.05) is 154 Å². The summed E-state index contributed by atoms with van der Waals surface area (Å²) >= 11 is 0. The van der Waals surface area contributed by atoms with E-state index in [1.807, 2.05) is 14.2 Å². The van der Waals surface area contributed by atoms with E-state index in [0.717, 1.165) is 23.3 Å². The maximum absolute atomic E-state index is 6.46. The summed E-state index contributed by atoms with van der Waals surface area (Å²) in [7, 11) is 1.68. The maximum atomic E-state index is 6.46. The van der Waals surface area contributed by atoms with Crippen molar-refractivity contribution in [1.29, 1.82) is 0 Å². The highest BCUT2D eigenvalue weighted by molar-refractivity contribution is 7.05. The molecule has 0 unspecified atom stereocenters. The van der Waals surface area contributed by atoms with Crippen molar-refractivity contribution < 1.29 is 9.47 Å². The van der Waals surface area contributed by atoms with Crippen molar-refractivity contribution >= 4 is 18.4 Å². The smallest absolute Gasteiger partial charge is 0.127 e. The average molecular weight is 707 g/mol. The molecule has 1 aliphatic heterocycles. The van der Waals surface area contributed by atoms with E-state index in [1.54, 1.807) is 21.5 Å². The second kappa shape index (κ2) is 18.0. The van der Waals surface area contributed by atoms with Gasteiger partial charge in [-0.15, -0.1) is 0 Å². The van der Waals surface area contributed by atoms with Crippen molar-refractivity contribution in [3.05, 3.63) is 58.7 Å². The molecule has 0 aromatic heterocycles. The lowest BCUT2D eigenvalue weighted by atomic mass is 9.80. The summed E-state index contributed by atoms with van der Waals surface area (Å²) in [6.45, 7) is 9.37. The van der Waals surface area contributed by atoms with Crippen molar-refractivity contribution in [3.8, 4) is 33.8 Å². The second-order valence-corrected chi connectivity index (χ2v) is 21.3. The van der Waals surface area contributed by atoms with E-state index >= 15 is 0 Å². The Morgan fingerprint density at radius 2 is 1.04 bits per heavy atom. The molecule has 0 bridgehead atoms. The lowest BCUT2D eigenvalue weighted by Gasteiger charge is -2.31. The molecule has 0 atom stereocenters. The van der Waals surface area contributed by atoms with Crippen molar-refractivity contribution in [2.24, 2.45) is 11.8 Å². The summed E-state index contributed by atoms with van der Waals surface area (Å²) < 4.78 is 12.5. The first-order valence-corrected chi connectivity index (χ1v) is 23.9. The van der Waals surface area contributed by atoms with Gasteiger partial charge in [-0.25, -0.2) is 0 Å². The van der Waals surface area contributed by atoms with Crippen LogP contribution in [0.5, 0.6) is 11.5 Å². The van der Waals surface area contributed by atoms with Gasteiger partial charge in [-0.05, 0) is 112 Å². The van der Waals surface area contributed by atoms with Gasteiger partial charge >= 0.3 is 0 Å². The van der Waals surface area contributed by atoms with Gasteiger partial charge in [0.25, 0.3) is 0 Å². The van der Waals surface area contributed by atoms with Crippen molar-refractivity contribution in [3.63, 3.8) is 0 Å². The second-order valence-electron chi connectivity index (χ2n) is 17.0. The molecule has 6 rings (SSSR count). The highest BCUT2D eigenvalue weighted by Gasteiger charge is 2.45. The molecule has 0 spiro atoms. The van der Waals surface area contributed by atoms with Gasteiger partial charge < -0.3 is 9.47 Å². The van der Waals surface area contributed by atoms with Crippen LogP contribution in [0.25, 0.3) is 22.3 Å². The van der Waals surface area contributed by atoms with E-state index in [-0.39, 0.29) is 0 Å². The van der Waals surface area contributed by atoms with Crippen molar-refractivity contribution in [2.75, 3.05) is 14.2 Å². The third-order valence-corrected chi connectivity index (χ3v) is 18.7. The molecule has 0 N–H and O–H groups in total. The van der Waals surface area contributed by atoms with Crippen LogP contribution in [0.4, 0.5) is 0 Å². The molecule has 278 valence electrons. The zero-order chi connectivity index (χ0) is 35.8. The number of rotatable bonds is 17. The zero-order valence-electron chi connectivity index (χ0n) is 33.5. The van der Waals surface area contributed by atoms with Gasteiger partial charge in [0.15, 0.2) is 0 Å². The molecular weight excluding hydrogens is 637 g/mol. The number of hydrogen-bond acceptors (Lipinski definition) is 2. The molecule has 3 heteroatoms. The zero-order valence-corrected chi connectivity index (χ0v) is 34.5. The van der Waals surface area contributed by atoms with Crippen LogP contribution in [0.1, 0.15) is 152 Å². The quantitative estimate of drug-likeness (QED) is 0.103.